The van der Waals surface area contributed by atoms with E-state index in [9.17, 15) is 22.7 Å². The van der Waals surface area contributed by atoms with Crippen LogP contribution in [0.5, 0.6) is 0 Å². The Labute approximate surface area is 185 Å². The molecule has 0 aliphatic rings. The summed E-state index contributed by atoms with van der Waals surface area (Å²) in [5.74, 6) is -1.36. The highest BCUT2D eigenvalue weighted by Gasteiger charge is 2.19. The second-order valence-corrected chi connectivity index (χ2v) is 9.76. The van der Waals surface area contributed by atoms with Crippen LogP contribution in [-0.4, -0.2) is 19.5 Å². The minimum Gasteiger partial charge on any atom is -0.481 e. The topological polar surface area (TPSA) is 71.4 Å². The van der Waals surface area contributed by atoms with Crippen LogP contribution >= 0.6 is 0 Å². The minimum absolute atomic E-state index is 0.153. The van der Waals surface area contributed by atoms with Crippen LogP contribution < -0.4 is 0 Å². The van der Waals surface area contributed by atoms with Crippen molar-refractivity contribution in [3.63, 3.8) is 0 Å². The van der Waals surface area contributed by atoms with Crippen LogP contribution in [0.15, 0.2) is 82.6 Å². The van der Waals surface area contributed by atoms with Crippen molar-refractivity contribution in [3.8, 4) is 11.1 Å². The minimum atomic E-state index is -3.68. The number of aliphatic carboxylic acids is 1. The van der Waals surface area contributed by atoms with E-state index in [0.29, 0.717) is 22.1 Å². The molecule has 0 amide bonds. The zero-order valence-corrected chi connectivity index (χ0v) is 18.4. The average molecular weight is 449 g/mol. The number of halogens is 1. The van der Waals surface area contributed by atoms with Gasteiger partial charge in [-0.2, -0.15) is 0 Å². The smallest absolute Gasteiger partial charge is 0.307 e. The molecule has 0 bridgehead atoms. The van der Waals surface area contributed by atoms with E-state index in [1.165, 1.54) is 24.3 Å². The molecular formula is C26H21FO4S. The van der Waals surface area contributed by atoms with Crippen LogP contribution in [0.3, 0.4) is 0 Å². The van der Waals surface area contributed by atoms with E-state index in [1.54, 1.807) is 55.5 Å². The van der Waals surface area contributed by atoms with Gasteiger partial charge in [0.2, 0.25) is 9.84 Å². The van der Waals surface area contributed by atoms with Crippen molar-refractivity contribution >= 4 is 26.6 Å². The van der Waals surface area contributed by atoms with E-state index in [-0.39, 0.29) is 16.2 Å². The first-order chi connectivity index (χ1) is 15.2. The zero-order valence-electron chi connectivity index (χ0n) is 17.6. The van der Waals surface area contributed by atoms with Crippen molar-refractivity contribution in [1.29, 1.82) is 0 Å². The van der Waals surface area contributed by atoms with Crippen molar-refractivity contribution in [2.45, 2.75) is 30.1 Å². The van der Waals surface area contributed by atoms with Crippen LogP contribution in [-0.2, 0) is 21.1 Å². The highest BCUT2D eigenvalue weighted by atomic mass is 32.2. The standard InChI is InChI=1S/C26H21FO4S/c1-16-3-9-22(10-4-16)32(30,31)23-11-6-18(7-12-23)26-17(2)20(14-25(28)29)13-19-5-8-21(27)15-24(19)26/h3-13,15H,14H2,1-2H3,(H,28,29). The van der Waals surface area contributed by atoms with Crippen molar-refractivity contribution < 1.29 is 22.7 Å². The van der Waals surface area contributed by atoms with Gasteiger partial charge in [0.1, 0.15) is 5.82 Å². The third-order valence-corrected chi connectivity index (χ3v) is 7.38. The van der Waals surface area contributed by atoms with Gasteiger partial charge in [0, 0.05) is 0 Å². The molecule has 0 saturated heterocycles. The number of carbonyl (C=O) groups is 1. The Bertz CT molecular complexity index is 1440. The molecule has 162 valence electrons. The van der Waals surface area contributed by atoms with Gasteiger partial charge < -0.3 is 5.11 Å². The largest absolute Gasteiger partial charge is 0.481 e. The van der Waals surface area contributed by atoms with Crippen molar-refractivity contribution in [2.24, 2.45) is 0 Å². The number of hydrogen-bond acceptors (Lipinski definition) is 3. The molecule has 0 radical (unpaired) electrons. The van der Waals surface area contributed by atoms with E-state index in [0.717, 1.165) is 16.5 Å². The molecule has 0 atom stereocenters. The summed E-state index contributed by atoms with van der Waals surface area (Å²) in [6.07, 6.45) is -0.161. The molecule has 32 heavy (non-hydrogen) atoms. The van der Waals surface area contributed by atoms with Crippen LogP contribution in [0.4, 0.5) is 4.39 Å². The molecule has 4 aromatic carbocycles. The quantitative estimate of drug-likeness (QED) is 0.424. The molecule has 4 rings (SSSR count). The lowest BCUT2D eigenvalue weighted by molar-refractivity contribution is -0.136. The Morgan fingerprint density at radius 1 is 0.875 bits per heavy atom. The van der Waals surface area contributed by atoms with Gasteiger partial charge in [-0.3, -0.25) is 4.79 Å². The number of aryl methyl sites for hydroxylation is 1. The maximum absolute atomic E-state index is 14.0. The van der Waals surface area contributed by atoms with Crippen molar-refractivity contribution in [3.05, 3.63) is 95.3 Å². The van der Waals surface area contributed by atoms with Crippen LogP contribution in [0.25, 0.3) is 21.9 Å². The molecule has 0 unspecified atom stereocenters. The van der Waals surface area contributed by atoms with Crippen molar-refractivity contribution in [2.75, 3.05) is 0 Å². The molecule has 6 heteroatoms. The number of carboxylic acids is 1. The van der Waals surface area contributed by atoms with E-state index in [1.807, 2.05) is 6.92 Å². The van der Waals surface area contributed by atoms with Crippen molar-refractivity contribution in [1.82, 2.24) is 0 Å². The highest BCUT2D eigenvalue weighted by Crippen LogP contribution is 2.36. The van der Waals surface area contributed by atoms with Crippen LogP contribution in [0, 0.1) is 19.7 Å². The predicted octanol–water partition coefficient (Wildman–Crippen LogP) is 5.72. The van der Waals surface area contributed by atoms with E-state index in [4.69, 9.17) is 0 Å². The zero-order chi connectivity index (χ0) is 23.0. The van der Waals surface area contributed by atoms with Crippen LogP contribution in [0.1, 0.15) is 16.7 Å². The normalized spacial score (nSPS) is 11.6. The molecular weight excluding hydrogens is 427 g/mol. The Hall–Kier alpha value is -3.51. The van der Waals surface area contributed by atoms with Gasteiger partial charge in [0.05, 0.1) is 16.2 Å². The van der Waals surface area contributed by atoms with Gasteiger partial charge in [-0.1, -0.05) is 42.0 Å². The first kappa shape index (κ1) is 21.7. The number of rotatable bonds is 5. The Morgan fingerprint density at radius 2 is 1.47 bits per heavy atom. The maximum atomic E-state index is 14.0. The molecule has 1 N–H and O–H groups in total. The first-order valence-electron chi connectivity index (χ1n) is 10.0. The van der Waals surface area contributed by atoms with Gasteiger partial charge in [-0.15, -0.1) is 0 Å². The summed E-state index contributed by atoms with van der Waals surface area (Å²) in [7, 11) is -3.68. The third kappa shape index (κ3) is 4.01. The molecule has 0 spiro atoms. The lowest BCUT2D eigenvalue weighted by Crippen LogP contribution is -2.04. The number of fused-ring (bicyclic) bond motifs is 1. The second kappa shape index (κ2) is 8.20. The van der Waals surface area contributed by atoms with Gasteiger partial charge in [-0.05, 0) is 83.3 Å². The number of hydrogen-bond donors (Lipinski definition) is 1. The molecule has 0 fully saturated rings. The summed E-state index contributed by atoms with van der Waals surface area (Å²) in [4.78, 5) is 11.7. The molecule has 0 aromatic heterocycles. The molecule has 0 aliphatic carbocycles. The van der Waals surface area contributed by atoms with Gasteiger partial charge in [0.15, 0.2) is 0 Å². The highest BCUT2D eigenvalue weighted by molar-refractivity contribution is 7.91. The monoisotopic (exact) mass is 448 g/mol. The Balaban J connectivity index is 1.86. The number of benzene rings is 4. The number of carboxylic acid groups (broad SMARTS) is 1. The van der Waals surface area contributed by atoms with Gasteiger partial charge >= 0.3 is 5.97 Å². The fourth-order valence-corrected chi connectivity index (χ4v) is 5.16. The van der Waals surface area contributed by atoms with Gasteiger partial charge in [-0.25, -0.2) is 12.8 Å². The molecule has 0 aliphatic heterocycles. The molecule has 4 nitrogen and oxygen atoms in total. The Morgan fingerprint density at radius 3 is 2.06 bits per heavy atom. The summed E-state index contributed by atoms with van der Waals surface area (Å²) >= 11 is 0. The third-order valence-electron chi connectivity index (χ3n) is 5.60. The molecule has 0 heterocycles. The number of sulfone groups is 1. The fourth-order valence-electron chi connectivity index (χ4n) is 3.90. The van der Waals surface area contributed by atoms with E-state index < -0.39 is 21.6 Å². The summed E-state index contributed by atoms with van der Waals surface area (Å²) in [6.45, 7) is 3.69. The second-order valence-electron chi connectivity index (χ2n) is 7.81. The van der Waals surface area contributed by atoms with Gasteiger partial charge in [0.25, 0.3) is 0 Å². The summed E-state index contributed by atoms with van der Waals surface area (Å²) < 4.78 is 40.0. The average Bonchev–Trinajstić information content (AvgIpc) is 2.75. The SMILES string of the molecule is Cc1ccc(S(=O)(=O)c2ccc(-c3c(C)c(CC(=O)O)cc4ccc(F)cc34)cc2)cc1. The van der Waals surface area contributed by atoms with Crippen LogP contribution in [0.2, 0.25) is 0 Å². The Kier molecular flexibility index (Phi) is 5.57. The summed E-state index contributed by atoms with van der Waals surface area (Å²) in [6, 6.07) is 19.2. The van der Waals surface area contributed by atoms with E-state index in [2.05, 4.69) is 0 Å². The molecule has 4 aromatic rings. The summed E-state index contributed by atoms with van der Waals surface area (Å²) in [5, 5.41) is 10.7. The molecule has 0 saturated carbocycles. The lowest BCUT2D eigenvalue weighted by Gasteiger charge is -2.16. The van der Waals surface area contributed by atoms with E-state index >= 15 is 0 Å². The fraction of sp³-hybridized carbons (Fsp3) is 0.115. The summed E-state index contributed by atoms with van der Waals surface area (Å²) in [5.41, 5.74) is 3.70. The predicted molar refractivity (Wildman–Crippen MR) is 122 cm³/mol. The first-order valence-corrected chi connectivity index (χ1v) is 11.5. The maximum Gasteiger partial charge on any atom is 0.307 e. The lowest BCUT2D eigenvalue weighted by atomic mass is 9.89.